The molecule has 5 nitrogen and oxygen atoms in total. The highest BCUT2D eigenvalue weighted by molar-refractivity contribution is 7.09. The molecule has 0 bridgehead atoms. The molecule has 0 fully saturated rings. The van der Waals surface area contributed by atoms with E-state index in [1.807, 2.05) is 12.3 Å². The van der Waals surface area contributed by atoms with Gasteiger partial charge in [-0.05, 0) is 12.1 Å². The first-order valence-corrected chi connectivity index (χ1v) is 6.44. The van der Waals surface area contributed by atoms with Crippen molar-refractivity contribution in [2.45, 2.75) is 12.8 Å². The van der Waals surface area contributed by atoms with E-state index in [1.54, 1.807) is 29.7 Å². The number of nitrogen functional groups attached to an aromatic ring is 1. The van der Waals surface area contributed by atoms with Crippen molar-refractivity contribution in [3.63, 3.8) is 0 Å². The molecule has 3 N–H and O–H groups in total. The van der Waals surface area contributed by atoms with Gasteiger partial charge in [0, 0.05) is 30.2 Å². The third-order valence-corrected chi connectivity index (χ3v) is 3.50. The first kappa shape index (κ1) is 12.5. The van der Waals surface area contributed by atoms with E-state index in [-0.39, 0.29) is 11.8 Å². The lowest BCUT2D eigenvalue weighted by Crippen LogP contribution is -2.27. The fraction of sp³-hybridized carbons (Fsp3) is 0.250. The summed E-state index contributed by atoms with van der Waals surface area (Å²) in [6.45, 7) is 2.58. The normalized spacial score (nSPS) is 12.1. The molecular weight excluding hydrogens is 248 g/mol. The Labute approximate surface area is 109 Å². The number of hydrogen-bond acceptors (Lipinski definition) is 5. The van der Waals surface area contributed by atoms with E-state index in [0.717, 1.165) is 5.01 Å². The van der Waals surface area contributed by atoms with Crippen molar-refractivity contribution in [3.05, 3.63) is 40.5 Å². The Hall–Kier alpha value is -1.95. The highest BCUT2D eigenvalue weighted by Crippen LogP contribution is 2.16. The van der Waals surface area contributed by atoms with Crippen LogP contribution in [0.3, 0.4) is 0 Å². The van der Waals surface area contributed by atoms with Crippen LogP contribution in [-0.2, 0) is 0 Å². The van der Waals surface area contributed by atoms with E-state index < -0.39 is 0 Å². The summed E-state index contributed by atoms with van der Waals surface area (Å²) in [5, 5.41) is 5.80. The molecule has 0 aliphatic heterocycles. The maximum Gasteiger partial charge on any atom is 0.252 e. The Balaban J connectivity index is 1.90. The first-order valence-electron chi connectivity index (χ1n) is 5.56. The Kier molecular flexibility index (Phi) is 3.88. The zero-order valence-corrected chi connectivity index (χ0v) is 10.8. The summed E-state index contributed by atoms with van der Waals surface area (Å²) in [5.74, 6) is 0.462. The van der Waals surface area contributed by atoms with E-state index in [1.165, 1.54) is 6.20 Å². The maximum absolute atomic E-state index is 11.8. The fourth-order valence-corrected chi connectivity index (χ4v) is 2.15. The van der Waals surface area contributed by atoms with Crippen molar-refractivity contribution in [2.75, 3.05) is 12.3 Å². The van der Waals surface area contributed by atoms with Crippen LogP contribution in [0.1, 0.15) is 28.2 Å². The second-order valence-corrected chi connectivity index (χ2v) is 4.88. The van der Waals surface area contributed by atoms with Crippen molar-refractivity contribution in [2.24, 2.45) is 0 Å². The molecule has 94 valence electrons. The number of thiazole rings is 1. The third-order valence-electron chi connectivity index (χ3n) is 2.49. The number of nitrogens with zero attached hydrogens (tertiary/aromatic N) is 2. The molecule has 2 rings (SSSR count). The van der Waals surface area contributed by atoms with Crippen LogP contribution in [0.2, 0.25) is 0 Å². The van der Waals surface area contributed by atoms with Crippen molar-refractivity contribution >= 4 is 23.1 Å². The number of anilines is 1. The standard InChI is InChI=1S/C12H14N4OS/c1-8(12-14-4-5-18-12)6-16-11(17)9-2-3-10(13)15-7-9/h2-5,7-8H,6H2,1H3,(H2,13,15)(H,16,17). The number of pyridine rings is 1. The average Bonchev–Trinajstić information content (AvgIpc) is 2.90. The van der Waals surface area contributed by atoms with Gasteiger partial charge in [0.05, 0.1) is 10.6 Å². The zero-order valence-electron chi connectivity index (χ0n) is 9.96. The van der Waals surface area contributed by atoms with Crippen LogP contribution in [-0.4, -0.2) is 22.4 Å². The van der Waals surface area contributed by atoms with Crippen molar-refractivity contribution in [1.29, 1.82) is 0 Å². The van der Waals surface area contributed by atoms with Crippen LogP contribution in [0, 0.1) is 0 Å². The van der Waals surface area contributed by atoms with Gasteiger partial charge in [0.25, 0.3) is 5.91 Å². The highest BCUT2D eigenvalue weighted by atomic mass is 32.1. The summed E-state index contributed by atoms with van der Waals surface area (Å²) in [5.41, 5.74) is 5.97. The molecule has 0 radical (unpaired) electrons. The van der Waals surface area contributed by atoms with E-state index >= 15 is 0 Å². The SMILES string of the molecule is CC(CNC(=O)c1ccc(N)nc1)c1nccs1. The monoisotopic (exact) mass is 262 g/mol. The summed E-state index contributed by atoms with van der Waals surface area (Å²) in [4.78, 5) is 19.9. The quantitative estimate of drug-likeness (QED) is 0.878. The molecule has 0 aliphatic rings. The van der Waals surface area contributed by atoms with Crippen LogP contribution >= 0.6 is 11.3 Å². The molecule has 2 aromatic rings. The van der Waals surface area contributed by atoms with Crippen LogP contribution in [0.15, 0.2) is 29.9 Å². The number of carbonyl (C=O) groups is 1. The summed E-state index contributed by atoms with van der Waals surface area (Å²) >= 11 is 1.59. The second kappa shape index (κ2) is 5.59. The molecule has 6 heteroatoms. The first-order chi connectivity index (χ1) is 8.66. The number of rotatable bonds is 4. The Bertz CT molecular complexity index is 509. The molecule has 18 heavy (non-hydrogen) atoms. The average molecular weight is 262 g/mol. The number of hydrogen-bond donors (Lipinski definition) is 2. The zero-order chi connectivity index (χ0) is 13.0. The summed E-state index contributed by atoms with van der Waals surface area (Å²) in [7, 11) is 0. The van der Waals surface area contributed by atoms with Crippen molar-refractivity contribution < 1.29 is 4.79 Å². The number of aromatic nitrogens is 2. The van der Waals surface area contributed by atoms with Crippen LogP contribution in [0.5, 0.6) is 0 Å². The van der Waals surface area contributed by atoms with Gasteiger partial charge in [-0.3, -0.25) is 4.79 Å². The van der Waals surface area contributed by atoms with Gasteiger partial charge in [0.1, 0.15) is 5.82 Å². The second-order valence-electron chi connectivity index (χ2n) is 3.95. The maximum atomic E-state index is 11.8. The highest BCUT2D eigenvalue weighted by Gasteiger charge is 2.11. The van der Waals surface area contributed by atoms with Gasteiger partial charge in [-0.1, -0.05) is 6.92 Å². The molecule has 0 aliphatic carbocycles. The number of amides is 1. The Morgan fingerprint density at radius 2 is 2.33 bits per heavy atom. The van der Waals surface area contributed by atoms with E-state index in [9.17, 15) is 4.79 Å². The summed E-state index contributed by atoms with van der Waals surface area (Å²) < 4.78 is 0. The lowest BCUT2D eigenvalue weighted by molar-refractivity contribution is 0.0951. The topological polar surface area (TPSA) is 80.9 Å². The molecule has 0 saturated heterocycles. The molecule has 0 spiro atoms. The minimum atomic E-state index is -0.147. The Morgan fingerprint density at radius 1 is 1.50 bits per heavy atom. The summed E-state index contributed by atoms with van der Waals surface area (Å²) in [6.07, 6.45) is 3.24. The van der Waals surface area contributed by atoms with Gasteiger partial charge in [-0.2, -0.15) is 0 Å². The van der Waals surface area contributed by atoms with Gasteiger partial charge < -0.3 is 11.1 Å². The lowest BCUT2D eigenvalue weighted by atomic mass is 10.2. The summed E-state index contributed by atoms with van der Waals surface area (Å²) in [6, 6.07) is 3.27. The van der Waals surface area contributed by atoms with Crippen molar-refractivity contribution in [1.82, 2.24) is 15.3 Å². The molecule has 1 amide bonds. The Morgan fingerprint density at radius 3 is 2.94 bits per heavy atom. The minimum absolute atomic E-state index is 0.147. The predicted octanol–water partition coefficient (Wildman–Crippen LogP) is 1.65. The minimum Gasteiger partial charge on any atom is -0.384 e. The van der Waals surface area contributed by atoms with E-state index in [0.29, 0.717) is 17.9 Å². The third kappa shape index (κ3) is 3.04. The molecule has 1 atom stereocenters. The van der Waals surface area contributed by atoms with Crippen LogP contribution < -0.4 is 11.1 Å². The molecule has 1 unspecified atom stereocenters. The number of carbonyl (C=O) groups excluding carboxylic acids is 1. The van der Waals surface area contributed by atoms with Gasteiger partial charge >= 0.3 is 0 Å². The van der Waals surface area contributed by atoms with E-state index in [4.69, 9.17) is 5.73 Å². The molecule has 2 heterocycles. The van der Waals surface area contributed by atoms with Crippen molar-refractivity contribution in [3.8, 4) is 0 Å². The number of nitrogens with two attached hydrogens (primary N) is 1. The van der Waals surface area contributed by atoms with Crippen LogP contribution in [0.25, 0.3) is 0 Å². The van der Waals surface area contributed by atoms with Gasteiger partial charge in [0.15, 0.2) is 0 Å². The smallest absolute Gasteiger partial charge is 0.252 e. The number of nitrogens with one attached hydrogen (secondary N) is 1. The molecule has 2 aromatic heterocycles. The van der Waals surface area contributed by atoms with Gasteiger partial charge in [-0.15, -0.1) is 11.3 Å². The van der Waals surface area contributed by atoms with Crippen LogP contribution in [0.4, 0.5) is 5.82 Å². The molecule has 0 aromatic carbocycles. The molecular formula is C12H14N4OS. The van der Waals surface area contributed by atoms with E-state index in [2.05, 4.69) is 15.3 Å². The van der Waals surface area contributed by atoms with Gasteiger partial charge in [-0.25, -0.2) is 9.97 Å². The predicted molar refractivity (Wildman–Crippen MR) is 71.5 cm³/mol. The fourth-order valence-electron chi connectivity index (χ4n) is 1.45. The van der Waals surface area contributed by atoms with Gasteiger partial charge in [0.2, 0.25) is 0 Å². The largest absolute Gasteiger partial charge is 0.384 e. The lowest BCUT2D eigenvalue weighted by Gasteiger charge is -2.09. The molecule has 0 saturated carbocycles.